The molecular weight excluding hydrogens is 1080 g/mol. The fourth-order valence-electron chi connectivity index (χ4n) is 14.4. The first-order chi connectivity index (χ1) is 44.2. The second-order valence-electron chi connectivity index (χ2n) is 23.1. The molecule has 2 aliphatic rings. The molecule has 0 atom stereocenters. The van der Waals surface area contributed by atoms with Gasteiger partial charge in [-0.1, -0.05) is 273 Å². The normalized spacial score (nSPS) is 12.2. The predicted octanol–water partition coefficient (Wildman–Crippen LogP) is 20.7. The molecule has 17 rings (SSSR count). The fourth-order valence-corrected chi connectivity index (χ4v) is 14.4. The van der Waals surface area contributed by atoms with Crippen LogP contribution in [0.3, 0.4) is 0 Å². The first-order valence-corrected chi connectivity index (χ1v) is 30.7. The molecular formula is C84H57BN4. The summed E-state index contributed by atoms with van der Waals surface area (Å²) < 4.78 is 2.50. The van der Waals surface area contributed by atoms with Crippen molar-refractivity contribution in [2.24, 2.45) is 0 Å². The second-order valence-corrected chi connectivity index (χ2v) is 23.1. The number of rotatable bonds is 11. The fraction of sp³-hybridized carbons (Fsp3) is 0. The Morgan fingerprint density at radius 3 is 1.22 bits per heavy atom. The van der Waals surface area contributed by atoms with Crippen molar-refractivity contribution < 1.29 is 0 Å². The Morgan fingerprint density at radius 2 is 0.685 bits per heavy atom. The first kappa shape index (κ1) is 51.7. The van der Waals surface area contributed by atoms with Crippen LogP contribution in [0.15, 0.2) is 346 Å². The third kappa shape index (κ3) is 8.61. The van der Waals surface area contributed by atoms with E-state index in [0.717, 1.165) is 107 Å². The summed E-state index contributed by atoms with van der Waals surface area (Å²) in [4.78, 5) is 7.71. The number of aromatic nitrogens is 1. The lowest BCUT2D eigenvalue weighted by molar-refractivity contribution is 1.18. The molecule has 0 N–H and O–H groups in total. The van der Waals surface area contributed by atoms with Crippen LogP contribution in [0.1, 0.15) is 0 Å². The van der Waals surface area contributed by atoms with Crippen LogP contribution in [0.5, 0.6) is 0 Å². The van der Waals surface area contributed by atoms with Crippen molar-refractivity contribution in [3.05, 3.63) is 346 Å². The minimum Gasteiger partial charge on any atom is -0.310 e. The quantitative estimate of drug-likeness (QED) is 0.120. The number of para-hydroxylation sites is 5. The number of hydrogen-bond donors (Lipinski definition) is 0. The summed E-state index contributed by atoms with van der Waals surface area (Å²) in [6, 6.07) is 127. The lowest BCUT2D eigenvalue weighted by Gasteiger charge is -2.46. The van der Waals surface area contributed by atoms with Gasteiger partial charge in [0, 0.05) is 72.8 Å². The van der Waals surface area contributed by atoms with Gasteiger partial charge in [-0.15, -0.1) is 0 Å². The van der Waals surface area contributed by atoms with Crippen LogP contribution < -0.4 is 31.1 Å². The molecule has 14 aromatic carbocycles. The number of nitrogens with zero attached hydrogens (tertiary/aromatic N) is 4. The summed E-state index contributed by atoms with van der Waals surface area (Å²) in [5, 5.41) is 2.38. The Kier molecular flexibility index (Phi) is 12.6. The van der Waals surface area contributed by atoms with Crippen LogP contribution in [-0.2, 0) is 0 Å². The highest BCUT2D eigenvalue weighted by atomic mass is 15.2. The van der Waals surface area contributed by atoms with Crippen molar-refractivity contribution in [2.75, 3.05) is 14.7 Å². The van der Waals surface area contributed by atoms with Gasteiger partial charge in [0.25, 0.3) is 6.71 Å². The zero-order valence-corrected chi connectivity index (χ0v) is 48.8. The largest absolute Gasteiger partial charge is 0.310 e. The highest BCUT2D eigenvalue weighted by molar-refractivity contribution is 7.00. The molecule has 0 spiro atoms. The highest BCUT2D eigenvalue weighted by Gasteiger charge is 2.46. The molecule has 0 amide bonds. The molecule has 0 radical (unpaired) electrons. The molecule has 2 aliphatic heterocycles. The van der Waals surface area contributed by atoms with Crippen molar-refractivity contribution in [1.29, 1.82) is 0 Å². The van der Waals surface area contributed by atoms with E-state index in [0.29, 0.717) is 0 Å². The van der Waals surface area contributed by atoms with Crippen LogP contribution in [0.25, 0.3) is 83.1 Å². The van der Waals surface area contributed by atoms with Gasteiger partial charge in [0.2, 0.25) is 0 Å². The maximum absolute atomic E-state index is 2.68. The van der Waals surface area contributed by atoms with E-state index in [1.165, 1.54) is 44.0 Å². The van der Waals surface area contributed by atoms with Crippen molar-refractivity contribution in [2.45, 2.75) is 0 Å². The van der Waals surface area contributed by atoms with Gasteiger partial charge in [0.15, 0.2) is 0 Å². The average Bonchev–Trinajstić information content (AvgIpc) is 1.66. The third-order valence-electron chi connectivity index (χ3n) is 18.1. The maximum atomic E-state index is 2.68. The van der Waals surface area contributed by atoms with E-state index in [1.807, 2.05) is 0 Å². The number of anilines is 9. The van der Waals surface area contributed by atoms with Crippen LogP contribution in [0, 0.1) is 0 Å². The van der Waals surface area contributed by atoms with Crippen LogP contribution >= 0.6 is 0 Å². The predicted molar refractivity (Wildman–Crippen MR) is 377 cm³/mol. The van der Waals surface area contributed by atoms with Crippen molar-refractivity contribution in [3.63, 3.8) is 0 Å². The Hall–Kier alpha value is -11.7. The molecule has 0 fully saturated rings. The Labute approximate surface area is 519 Å². The molecule has 1 aromatic heterocycles. The average molecular weight is 1130 g/mol. The van der Waals surface area contributed by atoms with Gasteiger partial charge in [0.05, 0.1) is 28.1 Å². The van der Waals surface area contributed by atoms with E-state index in [4.69, 9.17) is 0 Å². The van der Waals surface area contributed by atoms with E-state index in [1.54, 1.807) is 0 Å². The topological polar surface area (TPSA) is 14.7 Å². The molecule has 0 saturated heterocycles. The number of hydrogen-bond acceptors (Lipinski definition) is 3. The minimum atomic E-state index is -0.212. The summed E-state index contributed by atoms with van der Waals surface area (Å²) in [6.07, 6.45) is 0. The van der Waals surface area contributed by atoms with Gasteiger partial charge >= 0.3 is 0 Å². The molecule has 3 heterocycles. The van der Waals surface area contributed by atoms with Gasteiger partial charge in [-0.05, 0) is 123 Å². The van der Waals surface area contributed by atoms with E-state index in [-0.39, 0.29) is 6.71 Å². The number of benzene rings is 14. The van der Waals surface area contributed by atoms with Gasteiger partial charge in [-0.3, -0.25) is 0 Å². The van der Waals surface area contributed by atoms with Gasteiger partial charge in [-0.25, -0.2) is 0 Å². The molecule has 0 saturated carbocycles. The zero-order valence-electron chi connectivity index (χ0n) is 48.8. The Morgan fingerprint density at radius 1 is 0.258 bits per heavy atom. The molecule has 0 bridgehead atoms. The Balaban J connectivity index is 1.03. The van der Waals surface area contributed by atoms with Crippen LogP contribution in [0.2, 0.25) is 0 Å². The van der Waals surface area contributed by atoms with Crippen molar-refractivity contribution >= 4 is 96.1 Å². The standard InChI is InChI=1S/C84H57BN4/c1-8-28-58(29-9-1)63-38-24-43-66(56-63)87-75-49-23-22-44-72(75)80-76(87)55-54-74-84(80)89(83-70(61-34-14-4-15-35-61)47-26-48-71(83)62-36-16-5-17-37-62)78-51-27-50-77-81(78)85(74)73-53-52-67(86(64-39-18-6-19-40-64)65-41-20-7-21-42-65)57-79(73)88(77)82-68(59-30-10-2-11-31-59)45-25-46-69(82)60-32-12-3-13-33-60/h1-57H. The zero-order chi connectivity index (χ0) is 58.8. The summed E-state index contributed by atoms with van der Waals surface area (Å²) in [7, 11) is 0. The summed E-state index contributed by atoms with van der Waals surface area (Å²) in [5.74, 6) is 0. The minimum absolute atomic E-state index is 0.212. The van der Waals surface area contributed by atoms with Crippen LogP contribution in [-0.4, -0.2) is 11.3 Å². The smallest absolute Gasteiger partial charge is 0.252 e. The lowest BCUT2D eigenvalue weighted by atomic mass is 9.33. The monoisotopic (exact) mass is 1130 g/mol. The molecule has 4 nitrogen and oxygen atoms in total. The summed E-state index contributed by atoms with van der Waals surface area (Å²) in [6.45, 7) is -0.212. The third-order valence-corrected chi connectivity index (χ3v) is 18.1. The van der Waals surface area contributed by atoms with E-state index in [9.17, 15) is 0 Å². The molecule has 89 heavy (non-hydrogen) atoms. The maximum Gasteiger partial charge on any atom is 0.252 e. The van der Waals surface area contributed by atoms with E-state index in [2.05, 4.69) is 365 Å². The van der Waals surface area contributed by atoms with E-state index < -0.39 is 0 Å². The van der Waals surface area contributed by atoms with Crippen LogP contribution in [0.4, 0.5) is 51.2 Å². The van der Waals surface area contributed by atoms with Crippen molar-refractivity contribution in [1.82, 2.24) is 4.57 Å². The molecule has 0 unspecified atom stereocenters. The Bertz CT molecular complexity index is 4980. The molecule has 5 heteroatoms. The molecule has 15 aromatic rings. The molecule has 416 valence electrons. The summed E-state index contributed by atoms with van der Waals surface area (Å²) >= 11 is 0. The highest BCUT2D eigenvalue weighted by Crippen LogP contribution is 2.55. The van der Waals surface area contributed by atoms with Gasteiger partial charge < -0.3 is 19.3 Å². The number of fused-ring (bicyclic) bond motifs is 8. The van der Waals surface area contributed by atoms with Gasteiger partial charge in [0.1, 0.15) is 0 Å². The molecule has 0 aliphatic carbocycles. The SMILES string of the molecule is c1ccc(-c2cccc(-n3c4ccccc4c4c5c(ccc43)B3c4ccc(N(c6ccccc6)c6ccccc6)cc4N(c4c(-c6ccccc6)cccc4-c4ccccc4)c4cccc(c43)N5c3c(-c4ccccc4)cccc3-c3ccccc3)c2)cc1. The summed E-state index contributed by atoms with van der Waals surface area (Å²) in [5.41, 5.74) is 28.6. The van der Waals surface area contributed by atoms with E-state index >= 15 is 0 Å². The van der Waals surface area contributed by atoms with Gasteiger partial charge in [-0.2, -0.15) is 0 Å². The first-order valence-electron chi connectivity index (χ1n) is 30.7. The van der Waals surface area contributed by atoms with Crippen molar-refractivity contribution in [3.8, 4) is 61.3 Å². The lowest BCUT2D eigenvalue weighted by Crippen LogP contribution is -2.61. The second kappa shape index (κ2) is 21.7.